The first-order valence-corrected chi connectivity index (χ1v) is 8.10. The first kappa shape index (κ1) is 15.5. The van der Waals surface area contributed by atoms with Gasteiger partial charge >= 0.3 is 0 Å². The van der Waals surface area contributed by atoms with Crippen molar-refractivity contribution in [2.45, 2.75) is 25.7 Å². The molecule has 0 unspecified atom stereocenters. The highest BCUT2D eigenvalue weighted by atomic mass is 16.2. The van der Waals surface area contributed by atoms with E-state index in [1.54, 1.807) is 24.3 Å². The second-order valence-corrected chi connectivity index (χ2v) is 6.16. The molecule has 2 aliphatic carbocycles. The number of anilines is 1. The highest BCUT2D eigenvalue weighted by Gasteiger charge is 2.30. The molecule has 23 heavy (non-hydrogen) atoms. The number of hydrogen-bond donors (Lipinski definition) is 3. The van der Waals surface area contributed by atoms with Gasteiger partial charge in [0.1, 0.15) is 0 Å². The Morgan fingerprint density at radius 2 is 1.39 bits per heavy atom. The first-order valence-electron chi connectivity index (χ1n) is 8.10. The molecule has 6 heteroatoms. The predicted molar refractivity (Wildman–Crippen MR) is 85.9 cm³/mol. The number of carbonyl (C=O) groups excluding carboxylic acids is 3. The minimum atomic E-state index is -0.189. The van der Waals surface area contributed by atoms with Crippen molar-refractivity contribution in [1.82, 2.24) is 10.6 Å². The Hall–Kier alpha value is -2.37. The van der Waals surface area contributed by atoms with Crippen molar-refractivity contribution in [3.8, 4) is 0 Å². The number of amides is 3. The van der Waals surface area contributed by atoms with Crippen molar-refractivity contribution in [3.05, 3.63) is 29.8 Å². The molecular formula is C17H21N3O3. The summed E-state index contributed by atoms with van der Waals surface area (Å²) in [5.41, 5.74) is 1.23. The van der Waals surface area contributed by atoms with Crippen LogP contribution in [0.4, 0.5) is 5.69 Å². The van der Waals surface area contributed by atoms with Crippen LogP contribution in [0.25, 0.3) is 0 Å². The fraction of sp³-hybridized carbons (Fsp3) is 0.471. The summed E-state index contributed by atoms with van der Waals surface area (Å²) >= 11 is 0. The van der Waals surface area contributed by atoms with Crippen molar-refractivity contribution in [2.75, 3.05) is 18.4 Å². The number of benzene rings is 1. The molecule has 0 saturated heterocycles. The van der Waals surface area contributed by atoms with E-state index in [1.165, 1.54) is 0 Å². The summed E-state index contributed by atoms with van der Waals surface area (Å²) in [4.78, 5) is 35.1. The Kier molecular flexibility index (Phi) is 4.60. The highest BCUT2D eigenvalue weighted by molar-refractivity contribution is 5.96. The maximum absolute atomic E-state index is 12.0. The topological polar surface area (TPSA) is 87.3 Å². The van der Waals surface area contributed by atoms with Gasteiger partial charge in [0.2, 0.25) is 11.8 Å². The van der Waals surface area contributed by atoms with E-state index in [4.69, 9.17) is 0 Å². The first-order chi connectivity index (χ1) is 11.1. The standard InChI is InChI=1S/C17H21N3O3/c21-15(11-1-2-11)18-9-10-19-16(22)12-5-7-14(8-6-12)20-17(23)13-3-4-13/h5-8,11,13H,1-4,9-10H2,(H,18,21)(H,19,22)(H,20,23). The summed E-state index contributed by atoms with van der Waals surface area (Å²) in [6, 6.07) is 6.81. The lowest BCUT2D eigenvalue weighted by molar-refractivity contribution is -0.122. The van der Waals surface area contributed by atoms with Gasteiger partial charge in [-0.2, -0.15) is 0 Å². The summed E-state index contributed by atoms with van der Waals surface area (Å²) in [6.45, 7) is 0.841. The molecule has 3 N–H and O–H groups in total. The molecule has 0 heterocycles. The average Bonchev–Trinajstić information content (AvgIpc) is 3.41. The molecule has 0 aromatic heterocycles. The third kappa shape index (κ3) is 4.55. The van der Waals surface area contributed by atoms with Crippen LogP contribution >= 0.6 is 0 Å². The fourth-order valence-electron chi connectivity index (χ4n) is 2.25. The molecule has 3 rings (SSSR count). The highest BCUT2D eigenvalue weighted by Crippen LogP contribution is 2.30. The fourth-order valence-corrected chi connectivity index (χ4v) is 2.25. The van der Waals surface area contributed by atoms with Crippen LogP contribution in [0, 0.1) is 11.8 Å². The molecule has 122 valence electrons. The Morgan fingerprint density at radius 3 is 2.00 bits per heavy atom. The van der Waals surface area contributed by atoms with E-state index >= 15 is 0 Å². The third-order valence-corrected chi connectivity index (χ3v) is 4.02. The second-order valence-electron chi connectivity index (χ2n) is 6.16. The van der Waals surface area contributed by atoms with E-state index in [0.717, 1.165) is 25.7 Å². The maximum atomic E-state index is 12.0. The van der Waals surface area contributed by atoms with Crippen LogP contribution in [-0.2, 0) is 9.59 Å². The van der Waals surface area contributed by atoms with Crippen molar-refractivity contribution in [3.63, 3.8) is 0 Å². The molecule has 1 aromatic rings. The molecular weight excluding hydrogens is 294 g/mol. The molecule has 2 aliphatic rings. The number of rotatable bonds is 7. The number of nitrogens with one attached hydrogen (secondary N) is 3. The van der Waals surface area contributed by atoms with E-state index < -0.39 is 0 Å². The van der Waals surface area contributed by atoms with Gasteiger partial charge in [0.15, 0.2) is 0 Å². The van der Waals surface area contributed by atoms with Crippen LogP contribution in [0.3, 0.4) is 0 Å². The lowest BCUT2D eigenvalue weighted by atomic mass is 10.2. The summed E-state index contributed by atoms with van der Waals surface area (Å²) in [7, 11) is 0. The van der Waals surface area contributed by atoms with Gasteiger partial charge in [-0.3, -0.25) is 14.4 Å². The second kappa shape index (κ2) is 6.81. The van der Waals surface area contributed by atoms with E-state index in [1.807, 2.05) is 0 Å². The van der Waals surface area contributed by atoms with Crippen LogP contribution in [0.2, 0.25) is 0 Å². The molecule has 0 spiro atoms. The van der Waals surface area contributed by atoms with E-state index in [-0.39, 0.29) is 29.6 Å². The smallest absolute Gasteiger partial charge is 0.251 e. The lowest BCUT2D eigenvalue weighted by Gasteiger charge is -2.08. The van der Waals surface area contributed by atoms with Crippen molar-refractivity contribution < 1.29 is 14.4 Å². The third-order valence-electron chi connectivity index (χ3n) is 4.02. The average molecular weight is 315 g/mol. The van der Waals surface area contributed by atoms with Crippen molar-refractivity contribution in [2.24, 2.45) is 11.8 Å². The van der Waals surface area contributed by atoms with Gasteiger partial charge < -0.3 is 16.0 Å². The maximum Gasteiger partial charge on any atom is 0.251 e. The van der Waals surface area contributed by atoms with Crippen LogP contribution in [0.5, 0.6) is 0 Å². The van der Waals surface area contributed by atoms with E-state index in [2.05, 4.69) is 16.0 Å². The van der Waals surface area contributed by atoms with Gasteiger partial charge in [-0.25, -0.2) is 0 Å². The number of carbonyl (C=O) groups is 3. The van der Waals surface area contributed by atoms with Gasteiger partial charge in [0, 0.05) is 36.2 Å². The molecule has 0 bridgehead atoms. The summed E-state index contributed by atoms with van der Waals surface area (Å²) in [5.74, 6) is 0.280. The Morgan fingerprint density at radius 1 is 0.826 bits per heavy atom. The normalized spacial score (nSPS) is 16.5. The van der Waals surface area contributed by atoms with Crippen LogP contribution in [0.15, 0.2) is 24.3 Å². The predicted octanol–water partition coefficient (Wildman–Crippen LogP) is 1.29. The quantitative estimate of drug-likeness (QED) is 0.663. The Bertz CT molecular complexity index is 604. The molecule has 0 radical (unpaired) electrons. The summed E-state index contributed by atoms with van der Waals surface area (Å²) < 4.78 is 0. The summed E-state index contributed by atoms with van der Waals surface area (Å²) in [5, 5.41) is 8.39. The molecule has 0 atom stereocenters. The minimum Gasteiger partial charge on any atom is -0.354 e. The molecule has 1 aromatic carbocycles. The molecule has 3 amide bonds. The van der Waals surface area contributed by atoms with E-state index in [9.17, 15) is 14.4 Å². The largest absolute Gasteiger partial charge is 0.354 e. The zero-order chi connectivity index (χ0) is 16.2. The van der Waals surface area contributed by atoms with Crippen molar-refractivity contribution >= 4 is 23.4 Å². The lowest BCUT2D eigenvalue weighted by Crippen LogP contribution is -2.35. The van der Waals surface area contributed by atoms with Gasteiger partial charge in [0.05, 0.1) is 0 Å². The Balaban J connectivity index is 1.39. The molecule has 0 aliphatic heterocycles. The van der Waals surface area contributed by atoms with Crippen LogP contribution in [0.1, 0.15) is 36.0 Å². The van der Waals surface area contributed by atoms with Crippen molar-refractivity contribution in [1.29, 1.82) is 0 Å². The van der Waals surface area contributed by atoms with Crippen LogP contribution in [-0.4, -0.2) is 30.8 Å². The monoisotopic (exact) mass is 315 g/mol. The number of hydrogen-bond acceptors (Lipinski definition) is 3. The Labute approximate surface area is 135 Å². The SMILES string of the molecule is O=C(NCCNC(=O)C1CC1)c1ccc(NC(=O)C2CC2)cc1. The van der Waals surface area contributed by atoms with Gasteiger partial charge in [-0.15, -0.1) is 0 Å². The van der Waals surface area contributed by atoms with Gasteiger partial charge in [-0.1, -0.05) is 0 Å². The zero-order valence-electron chi connectivity index (χ0n) is 12.9. The molecule has 2 fully saturated rings. The zero-order valence-corrected chi connectivity index (χ0v) is 12.9. The van der Waals surface area contributed by atoms with Gasteiger partial charge in [0.25, 0.3) is 5.91 Å². The van der Waals surface area contributed by atoms with Gasteiger partial charge in [-0.05, 0) is 49.9 Å². The molecule has 6 nitrogen and oxygen atoms in total. The minimum absolute atomic E-state index is 0.0496. The van der Waals surface area contributed by atoms with Crippen LogP contribution < -0.4 is 16.0 Å². The molecule has 2 saturated carbocycles. The summed E-state index contributed by atoms with van der Waals surface area (Å²) in [6.07, 6.45) is 3.87. The van der Waals surface area contributed by atoms with E-state index in [0.29, 0.717) is 24.3 Å².